The van der Waals surface area contributed by atoms with E-state index in [0.717, 1.165) is 62.5 Å². The van der Waals surface area contributed by atoms with E-state index in [2.05, 4.69) is 82.3 Å². The van der Waals surface area contributed by atoms with E-state index in [0.29, 0.717) is 49.4 Å². The first-order chi connectivity index (χ1) is 36.8. The Kier molecular flexibility index (Phi) is 21.3. The van der Waals surface area contributed by atoms with Crippen LogP contribution in [0.4, 0.5) is 29.0 Å². The lowest BCUT2D eigenvalue weighted by Gasteiger charge is -2.13. The van der Waals surface area contributed by atoms with Crippen molar-refractivity contribution >= 4 is 40.3 Å². The van der Waals surface area contributed by atoms with Crippen LogP contribution in [-0.4, -0.2) is 65.4 Å². The molecule has 0 saturated heterocycles. The number of aromatic hydroxyl groups is 1. The third kappa shape index (κ3) is 18.3. The number of ether oxygens (including phenoxy) is 2. The Labute approximate surface area is 442 Å². The third-order valence-electron chi connectivity index (χ3n) is 10.8. The van der Waals surface area contributed by atoms with E-state index >= 15 is 0 Å². The van der Waals surface area contributed by atoms with Crippen molar-refractivity contribution in [3.63, 3.8) is 0 Å². The van der Waals surface area contributed by atoms with Crippen LogP contribution in [0.25, 0.3) is 22.1 Å². The van der Waals surface area contributed by atoms with Crippen molar-refractivity contribution in [1.82, 2.24) is 34.9 Å². The van der Waals surface area contributed by atoms with Crippen LogP contribution in [0.15, 0.2) is 206 Å². The number of anilines is 5. The van der Waals surface area contributed by atoms with Gasteiger partial charge in [0.15, 0.2) is 23.1 Å². The van der Waals surface area contributed by atoms with E-state index in [-0.39, 0.29) is 12.4 Å². The fourth-order valence-electron chi connectivity index (χ4n) is 6.94. The summed E-state index contributed by atoms with van der Waals surface area (Å²) in [6, 6.07) is 57.2. The lowest BCUT2D eigenvalue weighted by Crippen LogP contribution is -2.03. The second-order valence-electron chi connectivity index (χ2n) is 16.6. The van der Waals surface area contributed by atoms with Crippen molar-refractivity contribution in [2.75, 3.05) is 36.2 Å². The average Bonchev–Trinajstić information content (AvgIpc) is 4.01. The molecule has 7 heterocycles. The van der Waals surface area contributed by atoms with Crippen molar-refractivity contribution < 1.29 is 19.7 Å². The summed E-state index contributed by atoms with van der Waals surface area (Å²) in [4.78, 5) is 30.5. The molecule has 0 aliphatic carbocycles. The first kappa shape index (κ1) is 53.9. The van der Waals surface area contributed by atoms with E-state index in [9.17, 15) is 0 Å². The number of nitrogens with one attached hydrogen (secondary N) is 3. The zero-order valence-corrected chi connectivity index (χ0v) is 42.9. The Balaban J connectivity index is 0.000000161. The number of nitrogens with zero attached hydrogens (tertiary/aromatic N) is 7. The molecule has 10 rings (SSSR count). The molecule has 14 nitrogen and oxygen atoms in total. The Morgan fingerprint density at radius 2 is 1.20 bits per heavy atom. The van der Waals surface area contributed by atoms with Crippen molar-refractivity contribution in [3.8, 4) is 33.6 Å². The highest BCUT2D eigenvalue weighted by Gasteiger charge is 2.11. The predicted octanol–water partition coefficient (Wildman–Crippen LogP) is 12.6. The zero-order valence-electron chi connectivity index (χ0n) is 42.1. The molecule has 0 fully saturated rings. The molecule has 3 aromatic carbocycles. The average molecular weight is 1020 g/mol. The van der Waals surface area contributed by atoms with Crippen molar-refractivity contribution in [2.45, 2.75) is 39.9 Å². The third-order valence-corrected chi connectivity index (χ3v) is 11.6. The summed E-state index contributed by atoms with van der Waals surface area (Å²) < 4.78 is 11.8. The van der Waals surface area contributed by atoms with E-state index in [1.54, 1.807) is 55.3 Å². The SMILES string of the molecule is CNc1nc(C)ccc1O.Cc1ccc(CCO)cn1.c1ccc(COCCc2ccc(Nc3cccc(-c4nccs4)n3)cc2)cc1.c1ccc(COc2ccc(-c3ccccn3)nc2Nc2ccccn2)cc1. The van der Waals surface area contributed by atoms with Gasteiger partial charge < -0.3 is 35.6 Å². The van der Waals surface area contributed by atoms with E-state index in [1.165, 1.54) is 11.1 Å². The maximum absolute atomic E-state index is 9.11. The van der Waals surface area contributed by atoms with Gasteiger partial charge in [-0.3, -0.25) is 9.97 Å². The maximum atomic E-state index is 9.11. The monoisotopic (exact) mass is 1020 g/mol. The molecule has 0 aliphatic rings. The number of aryl methyl sites for hydroxylation is 2. The highest BCUT2D eigenvalue weighted by Crippen LogP contribution is 2.29. The molecule has 0 saturated carbocycles. The van der Waals surface area contributed by atoms with Gasteiger partial charge in [-0.15, -0.1) is 11.3 Å². The summed E-state index contributed by atoms with van der Waals surface area (Å²) in [5.41, 5.74) is 10.0. The number of benzene rings is 3. The van der Waals surface area contributed by atoms with Crippen molar-refractivity contribution in [3.05, 3.63) is 240 Å². The van der Waals surface area contributed by atoms with E-state index in [4.69, 9.17) is 24.7 Å². The van der Waals surface area contributed by atoms with E-state index < -0.39 is 0 Å². The van der Waals surface area contributed by atoms with Gasteiger partial charge in [0.05, 0.1) is 24.6 Å². The predicted molar refractivity (Wildman–Crippen MR) is 301 cm³/mol. The molecule has 7 aromatic heterocycles. The number of aliphatic hydroxyl groups excluding tert-OH is 1. The smallest absolute Gasteiger partial charge is 0.175 e. The molecule has 0 spiro atoms. The van der Waals surface area contributed by atoms with Crippen LogP contribution in [0.2, 0.25) is 0 Å². The van der Waals surface area contributed by atoms with Crippen LogP contribution < -0.4 is 20.7 Å². The molecular formula is C60H60N10O4S. The second-order valence-corrected chi connectivity index (χ2v) is 17.5. The number of aromatic nitrogens is 7. The van der Waals surface area contributed by atoms with Gasteiger partial charge in [0.1, 0.15) is 28.9 Å². The molecule has 0 radical (unpaired) electrons. The minimum Gasteiger partial charge on any atom is -0.504 e. The summed E-state index contributed by atoms with van der Waals surface area (Å²) in [6.07, 6.45) is 8.67. The summed E-state index contributed by atoms with van der Waals surface area (Å²) in [5, 5.41) is 29.9. The first-order valence-corrected chi connectivity index (χ1v) is 25.2. The van der Waals surface area contributed by atoms with Gasteiger partial charge in [0.25, 0.3) is 0 Å². The number of aliphatic hydroxyl groups is 1. The van der Waals surface area contributed by atoms with Crippen LogP contribution in [-0.2, 0) is 30.8 Å². The Morgan fingerprint density at radius 1 is 0.507 bits per heavy atom. The van der Waals surface area contributed by atoms with Crippen molar-refractivity contribution in [2.24, 2.45) is 0 Å². The van der Waals surface area contributed by atoms with Crippen LogP contribution >= 0.6 is 11.3 Å². The van der Waals surface area contributed by atoms with Crippen LogP contribution in [0, 0.1) is 13.8 Å². The van der Waals surface area contributed by atoms with Gasteiger partial charge in [-0.1, -0.05) is 97.1 Å². The van der Waals surface area contributed by atoms with Gasteiger partial charge in [0.2, 0.25) is 0 Å². The minimum absolute atomic E-state index is 0.188. The molecule has 75 heavy (non-hydrogen) atoms. The summed E-state index contributed by atoms with van der Waals surface area (Å²) in [5.74, 6) is 3.49. The Morgan fingerprint density at radius 3 is 1.85 bits per heavy atom. The van der Waals surface area contributed by atoms with Gasteiger partial charge in [-0.25, -0.2) is 24.9 Å². The first-order valence-electron chi connectivity index (χ1n) is 24.3. The Bertz CT molecular complexity index is 3180. The van der Waals surface area contributed by atoms with Gasteiger partial charge in [-0.2, -0.15) is 0 Å². The highest BCUT2D eigenvalue weighted by atomic mass is 32.1. The molecule has 10 aromatic rings. The molecule has 380 valence electrons. The van der Waals surface area contributed by atoms with Crippen LogP contribution in [0.1, 0.15) is 33.6 Å². The highest BCUT2D eigenvalue weighted by molar-refractivity contribution is 7.13. The lowest BCUT2D eigenvalue weighted by atomic mass is 10.1. The van der Waals surface area contributed by atoms with Gasteiger partial charge >= 0.3 is 0 Å². The fraction of sp³-hybridized carbons (Fsp3) is 0.150. The molecule has 0 amide bonds. The van der Waals surface area contributed by atoms with Gasteiger partial charge in [0, 0.05) is 60.9 Å². The molecule has 5 N–H and O–H groups in total. The summed E-state index contributed by atoms with van der Waals surface area (Å²) >= 11 is 1.59. The number of thiazole rings is 1. The molecule has 15 heteroatoms. The number of rotatable bonds is 17. The van der Waals surface area contributed by atoms with Gasteiger partial charge in [-0.05, 0) is 128 Å². The molecule has 0 unspecified atom stereocenters. The van der Waals surface area contributed by atoms with Crippen LogP contribution in [0.3, 0.4) is 0 Å². The largest absolute Gasteiger partial charge is 0.504 e. The minimum atomic E-state index is 0.188. The van der Waals surface area contributed by atoms with Crippen molar-refractivity contribution in [1.29, 1.82) is 0 Å². The van der Waals surface area contributed by atoms with E-state index in [1.807, 2.05) is 147 Å². The normalized spacial score (nSPS) is 10.3. The molecule has 0 atom stereocenters. The fourth-order valence-corrected chi connectivity index (χ4v) is 7.55. The second kappa shape index (κ2) is 29.6. The Hall–Kier alpha value is -8.89. The molecule has 0 aliphatic heterocycles. The number of hydrogen-bond acceptors (Lipinski definition) is 15. The van der Waals surface area contributed by atoms with Crippen LogP contribution in [0.5, 0.6) is 11.5 Å². The summed E-state index contributed by atoms with van der Waals surface area (Å²) in [7, 11) is 1.72. The molecule has 0 bridgehead atoms. The number of pyridine rings is 6. The topological polar surface area (TPSA) is 185 Å². The summed E-state index contributed by atoms with van der Waals surface area (Å²) in [6.45, 7) is 5.84. The number of hydrogen-bond donors (Lipinski definition) is 5. The standard InChI is InChI=1S/C23H21N3OS.C22H18N4O.C8H11NO.C7H10N2O/c1-2-5-19(6-3-1)17-27-15-13-18-9-11-20(12-10-18)25-22-8-4-7-21(26-22)23-24-14-16-28-23;1-2-8-17(9-3-1)16-27-20-13-12-19(18-10-4-6-14-23-18)25-22(20)26-21-11-5-7-15-24-21;1-7-2-3-8(4-5-10)6-9-7;1-5-3-4-6(10)7(8-2)9-5/h1-12,14,16H,13,15,17H2,(H,25,26);1-15H,16H2,(H,24,25,26);2-3,6,10H,4-5H2,1H3;3-4,10H,1-2H3,(H,8,9). The molecular weight excluding hydrogens is 957 g/mol. The lowest BCUT2D eigenvalue weighted by molar-refractivity contribution is 0.124. The quantitative estimate of drug-likeness (QED) is 0.0543. The maximum Gasteiger partial charge on any atom is 0.175 e. The zero-order chi connectivity index (χ0) is 52.3.